The first-order valence-electron chi connectivity index (χ1n) is 5.70. The molecule has 0 aromatic heterocycles. The lowest BCUT2D eigenvalue weighted by Crippen LogP contribution is -2.30. The van der Waals surface area contributed by atoms with E-state index < -0.39 is 18.8 Å². The molecule has 0 fully saturated rings. The summed E-state index contributed by atoms with van der Waals surface area (Å²) in [7, 11) is -1.66. The van der Waals surface area contributed by atoms with Crippen molar-refractivity contribution < 1.29 is 19.2 Å². The number of carbonyl (C=O) groups is 1. The monoisotopic (exact) mass is 293 g/mol. The van der Waals surface area contributed by atoms with Crippen LogP contribution in [0.1, 0.15) is 10.4 Å². The highest BCUT2D eigenvalue weighted by Crippen LogP contribution is 2.17. The van der Waals surface area contributed by atoms with Crippen molar-refractivity contribution in [3.05, 3.63) is 58.9 Å². The molecule has 0 saturated carbocycles. The Morgan fingerprint density at radius 2 is 1.95 bits per heavy atom. The third kappa shape index (κ3) is 3.36. The Bertz CT molecular complexity index is 651. The number of benzene rings is 2. The number of hydrogen-bond donors (Lipinski definition) is 3. The molecule has 102 valence electrons. The molecule has 2 rings (SSSR count). The van der Waals surface area contributed by atoms with Crippen molar-refractivity contribution in [3.8, 4) is 0 Å². The molecule has 0 saturated heterocycles. The van der Waals surface area contributed by atoms with Gasteiger partial charge < -0.3 is 15.4 Å². The highest BCUT2D eigenvalue weighted by molar-refractivity contribution is 6.59. The molecule has 0 aliphatic heterocycles. The van der Waals surface area contributed by atoms with E-state index in [9.17, 15) is 9.18 Å². The largest absolute Gasteiger partial charge is 0.488 e. The predicted molar refractivity (Wildman–Crippen MR) is 75.6 cm³/mol. The molecule has 3 N–H and O–H groups in total. The van der Waals surface area contributed by atoms with Crippen LogP contribution in [0.2, 0.25) is 5.02 Å². The highest BCUT2D eigenvalue weighted by atomic mass is 35.5. The van der Waals surface area contributed by atoms with Crippen LogP contribution in [-0.2, 0) is 0 Å². The lowest BCUT2D eigenvalue weighted by molar-refractivity contribution is 0.102. The van der Waals surface area contributed by atoms with Gasteiger partial charge in [-0.05, 0) is 35.8 Å². The van der Waals surface area contributed by atoms with E-state index in [1.54, 1.807) is 6.07 Å². The molecule has 0 bridgehead atoms. The molecular formula is C13H10BClFNO3. The minimum absolute atomic E-state index is 0.0736. The fourth-order valence-corrected chi connectivity index (χ4v) is 1.92. The van der Waals surface area contributed by atoms with Gasteiger partial charge in [0.25, 0.3) is 5.91 Å². The number of anilines is 1. The molecule has 0 radical (unpaired) electrons. The van der Waals surface area contributed by atoms with E-state index in [2.05, 4.69) is 5.32 Å². The van der Waals surface area contributed by atoms with Crippen LogP contribution in [0.15, 0.2) is 42.5 Å². The van der Waals surface area contributed by atoms with Crippen LogP contribution in [0.4, 0.5) is 10.1 Å². The Hall–Kier alpha value is -1.89. The zero-order valence-corrected chi connectivity index (χ0v) is 10.9. The Morgan fingerprint density at radius 3 is 2.55 bits per heavy atom. The van der Waals surface area contributed by atoms with Gasteiger partial charge in [-0.2, -0.15) is 0 Å². The second-order valence-electron chi connectivity index (χ2n) is 4.08. The van der Waals surface area contributed by atoms with Crippen LogP contribution in [0, 0.1) is 5.82 Å². The first-order valence-corrected chi connectivity index (χ1v) is 6.07. The van der Waals surface area contributed by atoms with Gasteiger partial charge in [0.05, 0.1) is 10.6 Å². The zero-order valence-electron chi connectivity index (χ0n) is 10.2. The van der Waals surface area contributed by atoms with Gasteiger partial charge in [0.1, 0.15) is 5.82 Å². The summed E-state index contributed by atoms with van der Waals surface area (Å²) >= 11 is 5.91. The molecular weight excluding hydrogens is 283 g/mol. The first kappa shape index (κ1) is 14.5. The number of nitrogens with one attached hydrogen (secondary N) is 1. The van der Waals surface area contributed by atoms with E-state index in [1.807, 2.05) is 0 Å². The molecule has 2 aromatic rings. The minimum atomic E-state index is -1.66. The van der Waals surface area contributed by atoms with Crippen LogP contribution in [-0.4, -0.2) is 23.1 Å². The summed E-state index contributed by atoms with van der Waals surface area (Å²) in [4.78, 5) is 12.0. The molecule has 7 heteroatoms. The van der Waals surface area contributed by atoms with Crippen molar-refractivity contribution in [2.75, 3.05) is 5.32 Å². The fourth-order valence-electron chi connectivity index (χ4n) is 1.64. The van der Waals surface area contributed by atoms with Crippen LogP contribution in [0.3, 0.4) is 0 Å². The van der Waals surface area contributed by atoms with E-state index in [0.717, 1.165) is 0 Å². The summed E-state index contributed by atoms with van der Waals surface area (Å²) in [5.41, 5.74) is 0.634. The third-order valence-corrected chi connectivity index (χ3v) is 2.93. The summed E-state index contributed by atoms with van der Waals surface area (Å²) in [5, 5.41) is 20.6. The maximum atomic E-state index is 13.0. The van der Waals surface area contributed by atoms with Crippen molar-refractivity contribution in [3.63, 3.8) is 0 Å². The summed E-state index contributed by atoms with van der Waals surface area (Å²) in [6.45, 7) is 0. The average Bonchev–Trinajstić information content (AvgIpc) is 2.38. The van der Waals surface area contributed by atoms with Gasteiger partial charge in [0.2, 0.25) is 0 Å². The smallest absolute Gasteiger partial charge is 0.423 e. The van der Waals surface area contributed by atoms with E-state index in [1.165, 1.54) is 36.4 Å². The molecule has 2 aromatic carbocycles. The second kappa shape index (κ2) is 6.05. The van der Waals surface area contributed by atoms with Gasteiger partial charge in [0, 0.05) is 5.69 Å². The van der Waals surface area contributed by atoms with Crippen molar-refractivity contribution in [2.24, 2.45) is 0 Å². The number of carbonyl (C=O) groups excluding carboxylic acids is 1. The molecule has 0 heterocycles. The molecule has 0 atom stereocenters. The predicted octanol–water partition coefficient (Wildman–Crippen LogP) is 1.41. The summed E-state index contributed by atoms with van der Waals surface area (Å²) < 4.78 is 13.0. The quantitative estimate of drug-likeness (QED) is 0.750. The topological polar surface area (TPSA) is 69.6 Å². The number of amides is 1. The van der Waals surface area contributed by atoms with Gasteiger partial charge in [-0.25, -0.2) is 4.39 Å². The maximum Gasteiger partial charge on any atom is 0.488 e. The van der Waals surface area contributed by atoms with Crippen LogP contribution in [0.5, 0.6) is 0 Å². The molecule has 0 aliphatic rings. The fraction of sp³-hybridized carbons (Fsp3) is 0. The molecule has 0 unspecified atom stereocenters. The molecule has 0 aliphatic carbocycles. The molecule has 20 heavy (non-hydrogen) atoms. The number of rotatable bonds is 3. The zero-order chi connectivity index (χ0) is 14.7. The SMILES string of the molecule is O=C(Nc1cccc(F)c1)c1ccc(B(O)O)cc1Cl. The minimum Gasteiger partial charge on any atom is -0.423 e. The van der Waals surface area contributed by atoms with Gasteiger partial charge in [-0.1, -0.05) is 23.7 Å². The average molecular weight is 293 g/mol. The lowest BCUT2D eigenvalue weighted by Gasteiger charge is -2.08. The van der Waals surface area contributed by atoms with Gasteiger partial charge in [0.15, 0.2) is 0 Å². The highest BCUT2D eigenvalue weighted by Gasteiger charge is 2.16. The molecule has 4 nitrogen and oxygen atoms in total. The van der Waals surface area contributed by atoms with Crippen molar-refractivity contribution in [2.45, 2.75) is 0 Å². The number of halogens is 2. The van der Waals surface area contributed by atoms with E-state index >= 15 is 0 Å². The van der Waals surface area contributed by atoms with Gasteiger partial charge in [-0.15, -0.1) is 0 Å². The second-order valence-corrected chi connectivity index (χ2v) is 4.48. The standard InChI is InChI=1S/C13H10BClFNO3/c15-12-6-8(14(19)20)4-5-11(12)13(18)17-10-3-1-2-9(16)7-10/h1-7,19-20H,(H,17,18). The Morgan fingerprint density at radius 1 is 1.20 bits per heavy atom. The van der Waals surface area contributed by atoms with Crippen molar-refractivity contribution in [1.29, 1.82) is 0 Å². The number of hydrogen-bond acceptors (Lipinski definition) is 3. The Kier molecular flexibility index (Phi) is 4.39. The van der Waals surface area contributed by atoms with E-state index in [4.69, 9.17) is 21.6 Å². The molecule has 0 spiro atoms. The summed E-state index contributed by atoms with van der Waals surface area (Å²) in [6.07, 6.45) is 0. The van der Waals surface area contributed by atoms with Crippen molar-refractivity contribution >= 4 is 35.8 Å². The lowest BCUT2D eigenvalue weighted by atomic mass is 9.80. The van der Waals surface area contributed by atoms with Gasteiger partial charge >= 0.3 is 7.12 Å². The van der Waals surface area contributed by atoms with E-state index in [0.29, 0.717) is 5.69 Å². The van der Waals surface area contributed by atoms with Crippen LogP contribution in [0.25, 0.3) is 0 Å². The van der Waals surface area contributed by atoms with Crippen molar-refractivity contribution in [1.82, 2.24) is 0 Å². The molecule has 1 amide bonds. The normalized spacial score (nSPS) is 10.2. The van der Waals surface area contributed by atoms with Crippen LogP contribution >= 0.6 is 11.6 Å². The van der Waals surface area contributed by atoms with E-state index in [-0.39, 0.29) is 16.0 Å². The van der Waals surface area contributed by atoms with Crippen LogP contribution < -0.4 is 10.8 Å². The van der Waals surface area contributed by atoms with Gasteiger partial charge in [-0.3, -0.25) is 4.79 Å². The Labute approximate surface area is 120 Å². The summed E-state index contributed by atoms with van der Waals surface area (Å²) in [6, 6.07) is 9.48. The summed E-state index contributed by atoms with van der Waals surface area (Å²) in [5.74, 6) is -0.979. The third-order valence-electron chi connectivity index (χ3n) is 2.62. The maximum absolute atomic E-state index is 13.0. The Balaban J connectivity index is 2.21. The first-order chi connectivity index (χ1) is 9.47.